The minimum atomic E-state index is 0.130. The zero-order valence-electron chi connectivity index (χ0n) is 8.62. The highest BCUT2D eigenvalue weighted by Crippen LogP contribution is 2.19. The summed E-state index contributed by atoms with van der Waals surface area (Å²) in [6.45, 7) is 3.85. The highest BCUT2D eigenvalue weighted by molar-refractivity contribution is 5.28. The second kappa shape index (κ2) is 5.62. The maximum absolute atomic E-state index is 5.08. The maximum atomic E-state index is 5.08. The Morgan fingerprint density at radius 1 is 1.29 bits per heavy atom. The van der Waals surface area contributed by atoms with Crippen molar-refractivity contribution in [1.29, 1.82) is 0 Å². The topological polar surface area (TPSA) is 30.5 Å². The second-order valence-corrected chi connectivity index (χ2v) is 2.94. The predicted molar refractivity (Wildman–Crippen MR) is 55.9 cm³/mol. The fourth-order valence-corrected chi connectivity index (χ4v) is 1.27. The summed E-state index contributed by atoms with van der Waals surface area (Å²) in [6, 6.07) is 7.98. The first-order valence-electron chi connectivity index (χ1n) is 4.53. The molecule has 1 N–H and O–H groups in total. The second-order valence-electron chi connectivity index (χ2n) is 2.94. The smallest absolute Gasteiger partial charge is 0.118 e. The Bertz CT molecular complexity index is 258. The van der Waals surface area contributed by atoms with E-state index in [4.69, 9.17) is 9.57 Å². The van der Waals surface area contributed by atoms with Crippen molar-refractivity contribution in [2.75, 3.05) is 14.2 Å². The lowest BCUT2D eigenvalue weighted by molar-refractivity contribution is 0.0611. The van der Waals surface area contributed by atoms with Crippen molar-refractivity contribution >= 4 is 0 Å². The summed E-state index contributed by atoms with van der Waals surface area (Å²) >= 11 is 0. The van der Waals surface area contributed by atoms with Crippen LogP contribution in [0.5, 0.6) is 5.75 Å². The average molecular weight is 194 g/mol. The number of ether oxygens (including phenoxy) is 1. The zero-order valence-corrected chi connectivity index (χ0v) is 8.62. The molecule has 3 heteroatoms. The molecule has 1 radical (unpaired) electrons. The van der Waals surface area contributed by atoms with E-state index in [0.717, 1.165) is 17.7 Å². The lowest BCUT2D eigenvalue weighted by Crippen LogP contribution is -2.19. The number of hydroxylamine groups is 1. The normalized spacial score (nSPS) is 12.5. The van der Waals surface area contributed by atoms with Gasteiger partial charge in [0.05, 0.1) is 20.3 Å². The van der Waals surface area contributed by atoms with Crippen molar-refractivity contribution in [3.8, 4) is 5.75 Å². The van der Waals surface area contributed by atoms with Gasteiger partial charge >= 0.3 is 0 Å². The molecule has 0 aliphatic carbocycles. The van der Waals surface area contributed by atoms with Gasteiger partial charge in [0, 0.05) is 0 Å². The molecule has 0 saturated heterocycles. The Kier molecular flexibility index (Phi) is 4.43. The summed E-state index contributed by atoms with van der Waals surface area (Å²) in [4.78, 5) is 4.88. The van der Waals surface area contributed by atoms with Crippen LogP contribution in [0.2, 0.25) is 0 Å². The SMILES string of the molecule is [CH2]CC(NOC)c1ccc(OC)cc1. The van der Waals surface area contributed by atoms with Gasteiger partial charge < -0.3 is 9.57 Å². The van der Waals surface area contributed by atoms with E-state index in [0.29, 0.717) is 0 Å². The van der Waals surface area contributed by atoms with Gasteiger partial charge in [0.15, 0.2) is 0 Å². The largest absolute Gasteiger partial charge is 0.497 e. The minimum Gasteiger partial charge on any atom is -0.497 e. The van der Waals surface area contributed by atoms with Crippen molar-refractivity contribution in [3.05, 3.63) is 36.8 Å². The molecule has 0 aliphatic heterocycles. The van der Waals surface area contributed by atoms with Crippen LogP contribution in [0.4, 0.5) is 0 Å². The Hall–Kier alpha value is -1.06. The van der Waals surface area contributed by atoms with Crippen LogP contribution in [0.3, 0.4) is 0 Å². The molecule has 14 heavy (non-hydrogen) atoms. The monoisotopic (exact) mass is 194 g/mol. The molecule has 0 saturated carbocycles. The standard InChI is InChI=1S/C11H16NO2/c1-4-11(12-14-3)9-5-7-10(13-2)8-6-9/h5-8,11-12H,1,4H2,2-3H3. The number of hydrogen-bond acceptors (Lipinski definition) is 3. The average Bonchev–Trinajstić information content (AvgIpc) is 2.26. The Morgan fingerprint density at radius 2 is 1.93 bits per heavy atom. The Balaban J connectivity index is 2.73. The third kappa shape index (κ3) is 2.72. The van der Waals surface area contributed by atoms with Crippen molar-refractivity contribution in [2.45, 2.75) is 12.5 Å². The summed E-state index contributed by atoms with van der Waals surface area (Å²) in [6.07, 6.45) is 0.736. The molecule has 0 spiro atoms. The first kappa shape index (κ1) is 11.0. The molecule has 3 nitrogen and oxygen atoms in total. The van der Waals surface area contributed by atoms with Crippen molar-refractivity contribution < 1.29 is 9.57 Å². The third-order valence-corrected chi connectivity index (χ3v) is 2.07. The van der Waals surface area contributed by atoms with Gasteiger partial charge in [-0.1, -0.05) is 19.1 Å². The van der Waals surface area contributed by atoms with E-state index < -0.39 is 0 Å². The summed E-state index contributed by atoms with van der Waals surface area (Å²) in [5, 5.41) is 0. The van der Waals surface area contributed by atoms with Crippen LogP contribution in [0, 0.1) is 6.92 Å². The van der Waals surface area contributed by atoms with E-state index in [-0.39, 0.29) is 6.04 Å². The molecule has 0 aliphatic rings. The van der Waals surface area contributed by atoms with Crippen LogP contribution in [-0.4, -0.2) is 14.2 Å². The molecule has 0 heterocycles. The number of nitrogens with one attached hydrogen (secondary N) is 1. The van der Waals surface area contributed by atoms with Gasteiger partial charge in [-0.05, 0) is 24.1 Å². The fraction of sp³-hybridized carbons (Fsp3) is 0.364. The Morgan fingerprint density at radius 3 is 2.36 bits per heavy atom. The first-order chi connectivity index (χ1) is 6.81. The third-order valence-electron chi connectivity index (χ3n) is 2.07. The lowest BCUT2D eigenvalue weighted by Gasteiger charge is -2.15. The lowest BCUT2D eigenvalue weighted by atomic mass is 10.1. The van der Waals surface area contributed by atoms with Crippen molar-refractivity contribution in [3.63, 3.8) is 0 Å². The number of hydrogen-bond donors (Lipinski definition) is 1. The molecule has 1 rings (SSSR count). The van der Waals surface area contributed by atoms with Crippen LogP contribution in [-0.2, 0) is 4.84 Å². The zero-order chi connectivity index (χ0) is 10.4. The summed E-state index contributed by atoms with van der Waals surface area (Å²) in [5.74, 6) is 0.856. The Labute approximate surface area is 85.0 Å². The fourth-order valence-electron chi connectivity index (χ4n) is 1.27. The number of benzene rings is 1. The molecular weight excluding hydrogens is 178 g/mol. The van der Waals surface area contributed by atoms with Gasteiger partial charge in [0.25, 0.3) is 0 Å². The molecule has 0 bridgehead atoms. The predicted octanol–water partition coefficient (Wildman–Crippen LogP) is 2.11. The molecule has 0 amide bonds. The van der Waals surface area contributed by atoms with Gasteiger partial charge in [-0.2, -0.15) is 5.48 Å². The van der Waals surface area contributed by atoms with Crippen molar-refractivity contribution in [2.24, 2.45) is 0 Å². The van der Waals surface area contributed by atoms with E-state index in [1.54, 1.807) is 14.2 Å². The van der Waals surface area contributed by atoms with Crippen LogP contribution in [0.25, 0.3) is 0 Å². The molecule has 0 fully saturated rings. The molecule has 1 atom stereocenters. The molecular formula is C11H16NO2. The van der Waals surface area contributed by atoms with E-state index in [9.17, 15) is 0 Å². The van der Waals surface area contributed by atoms with E-state index in [1.807, 2.05) is 24.3 Å². The maximum Gasteiger partial charge on any atom is 0.118 e. The van der Waals surface area contributed by atoms with E-state index in [1.165, 1.54) is 0 Å². The van der Waals surface area contributed by atoms with Gasteiger partial charge in [0.1, 0.15) is 5.75 Å². The number of methoxy groups -OCH3 is 1. The molecule has 0 aromatic heterocycles. The summed E-state index contributed by atoms with van der Waals surface area (Å²) < 4.78 is 5.08. The molecule has 77 valence electrons. The first-order valence-corrected chi connectivity index (χ1v) is 4.53. The van der Waals surface area contributed by atoms with Crippen LogP contribution >= 0.6 is 0 Å². The summed E-state index contributed by atoms with van der Waals surface area (Å²) in [5.41, 5.74) is 4.02. The highest BCUT2D eigenvalue weighted by Gasteiger charge is 2.07. The van der Waals surface area contributed by atoms with Crippen LogP contribution in [0.1, 0.15) is 18.0 Å². The van der Waals surface area contributed by atoms with E-state index >= 15 is 0 Å². The molecule has 1 aromatic rings. The molecule has 1 unspecified atom stereocenters. The molecule has 1 aromatic carbocycles. The van der Waals surface area contributed by atoms with Crippen molar-refractivity contribution in [1.82, 2.24) is 5.48 Å². The quantitative estimate of drug-likeness (QED) is 0.728. The van der Waals surface area contributed by atoms with Gasteiger partial charge in [0.2, 0.25) is 0 Å². The van der Waals surface area contributed by atoms with Gasteiger partial charge in [-0.15, -0.1) is 0 Å². The highest BCUT2D eigenvalue weighted by atomic mass is 16.6. The van der Waals surface area contributed by atoms with Gasteiger partial charge in [-0.3, -0.25) is 0 Å². The van der Waals surface area contributed by atoms with Crippen LogP contribution < -0.4 is 10.2 Å². The van der Waals surface area contributed by atoms with E-state index in [2.05, 4.69) is 12.4 Å². The van der Waals surface area contributed by atoms with Crippen LogP contribution in [0.15, 0.2) is 24.3 Å². The number of rotatable bonds is 5. The minimum absolute atomic E-state index is 0.130. The van der Waals surface area contributed by atoms with Gasteiger partial charge in [-0.25, -0.2) is 0 Å². The summed E-state index contributed by atoms with van der Waals surface area (Å²) in [7, 11) is 3.26.